The Morgan fingerprint density at radius 2 is 2.00 bits per heavy atom. The second-order valence-electron chi connectivity index (χ2n) is 5.43. The number of hydrogen-bond acceptors (Lipinski definition) is 3. The van der Waals surface area contributed by atoms with Crippen LogP contribution in [-0.2, 0) is 4.79 Å². The second kappa shape index (κ2) is 8.81. The van der Waals surface area contributed by atoms with E-state index in [-0.39, 0.29) is 0 Å². The van der Waals surface area contributed by atoms with Crippen LogP contribution in [0.25, 0.3) is 0 Å². The molecule has 0 saturated heterocycles. The lowest BCUT2D eigenvalue weighted by Gasteiger charge is -2.29. The lowest BCUT2D eigenvalue weighted by atomic mass is 9.96. The maximum atomic E-state index is 11.4. The van der Waals surface area contributed by atoms with Gasteiger partial charge in [0.1, 0.15) is 5.54 Å². The van der Waals surface area contributed by atoms with Crippen molar-refractivity contribution in [2.24, 2.45) is 5.92 Å². The van der Waals surface area contributed by atoms with E-state index in [1.165, 1.54) is 6.42 Å². The molecule has 0 aliphatic carbocycles. The Kier molecular flexibility index (Phi) is 8.70. The first-order valence-electron chi connectivity index (χ1n) is 6.95. The Bertz CT molecular complexity index is 248. The van der Waals surface area contributed by atoms with E-state index in [0.717, 1.165) is 18.7 Å². The van der Waals surface area contributed by atoms with Gasteiger partial charge in [0.05, 0.1) is 0 Å². The van der Waals surface area contributed by atoms with Crippen LogP contribution in [0, 0.1) is 5.92 Å². The Morgan fingerprint density at radius 3 is 2.44 bits per heavy atom. The van der Waals surface area contributed by atoms with Gasteiger partial charge >= 0.3 is 5.97 Å². The van der Waals surface area contributed by atoms with Gasteiger partial charge in [-0.3, -0.25) is 4.79 Å². The van der Waals surface area contributed by atoms with Crippen LogP contribution >= 0.6 is 11.8 Å². The van der Waals surface area contributed by atoms with Crippen molar-refractivity contribution in [2.75, 3.05) is 12.3 Å². The number of rotatable bonds is 10. The number of carboxylic acid groups (broad SMARTS) is 1. The highest BCUT2D eigenvalue weighted by molar-refractivity contribution is 7.99. The van der Waals surface area contributed by atoms with Gasteiger partial charge in [0.2, 0.25) is 0 Å². The molecule has 3 atom stereocenters. The fourth-order valence-electron chi connectivity index (χ4n) is 1.72. The van der Waals surface area contributed by atoms with Gasteiger partial charge in [-0.25, -0.2) is 0 Å². The Labute approximate surface area is 116 Å². The molecule has 0 aliphatic heterocycles. The maximum absolute atomic E-state index is 11.4. The zero-order valence-electron chi connectivity index (χ0n) is 12.5. The van der Waals surface area contributed by atoms with E-state index >= 15 is 0 Å². The molecule has 0 bridgehead atoms. The largest absolute Gasteiger partial charge is 0.480 e. The van der Waals surface area contributed by atoms with Gasteiger partial charge in [-0.15, -0.1) is 0 Å². The monoisotopic (exact) mass is 275 g/mol. The van der Waals surface area contributed by atoms with E-state index in [0.29, 0.717) is 17.6 Å². The van der Waals surface area contributed by atoms with Gasteiger partial charge in [-0.05, 0) is 38.0 Å². The summed E-state index contributed by atoms with van der Waals surface area (Å²) in [4.78, 5) is 11.4. The first-order valence-corrected chi connectivity index (χ1v) is 8.00. The minimum Gasteiger partial charge on any atom is -0.480 e. The van der Waals surface area contributed by atoms with Crippen LogP contribution < -0.4 is 5.32 Å². The SMILES string of the molecule is CCCNC(C)(CC(C)SCC(C)CC)C(=O)O. The van der Waals surface area contributed by atoms with Crippen molar-refractivity contribution in [3.05, 3.63) is 0 Å². The highest BCUT2D eigenvalue weighted by Gasteiger charge is 2.33. The summed E-state index contributed by atoms with van der Waals surface area (Å²) in [6, 6.07) is 0. The molecule has 3 unspecified atom stereocenters. The van der Waals surface area contributed by atoms with E-state index in [4.69, 9.17) is 0 Å². The van der Waals surface area contributed by atoms with Crippen LogP contribution in [0.2, 0.25) is 0 Å². The number of carbonyl (C=O) groups is 1. The van der Waals surface area contributed by atoms with E-state index in [9.17, 15) is 9.90 Å². The zero-order chi connectivity index (χ0) is 14.2. The first-order chi connectivity index (χ1) is 8.35. The van der Waals surface area contributed by atoms with Crippen LogP contribution in [0.5, 0.6) is 0 Å². The quantitative estimate of drug-likeness (QED) is 0.641. The molecule has 0 aliphatic rings. The fourth-order valence-corrected chi connectivity index (χ4v) is 3.06. The third-order valence-electron chi connectivity index (χ3n) is 3.30. The number of carboxylic acids is 1. The van der Waals surface area contributed by atoms with Crippen molar-refractivity contribution in [1.29, 1.82) is 0 Å². The van der Waals surface area contributed by atoms with Crippen molar-refractivity contribution in [3.8, 4) is 0 Å². The van der Waals surface area contributed by atoms with Gasteiger partial charge in [0.25, 0.3) is 0 Å². The molecule has 108 valence electrons. The molecule has 0 heterocycles. The molecule has 0 amide bonds. The normalized spacial score (nSPS) is 18.1. The average Bonchev–Trinajstić information content (AvgIpc) is 2.33. The predicted octanol–water partition coefficient (Wildman–Crippen LogP) is 3.39. The third kappa shape index (κ3) is 6.64. The van der Waals surface area contributed by atoms with Crippen LogP contribution in [0.3, 0.4) is 0 Å². The third-order valence-corrected chi connectivity index (χ3v) is 4.79. The van der Waals surface area contributed by atoms with Gasteiger partial charge in [-0.1, -0.05) is 34.1 Å². The number of thioether (sulfide) groups is 1. The first kappa shape index (κ1) is 17.8. The number of hydrogen-bond donors (Lipinski definition) is 2. The molecule has 0 rings (SSSR count). The van der Waals surface area contributed by atoms with Crippen LogP contribution in [0.15, 0.2) is 0 Å². The number of nitrogens with one attached hydrogen (secondary N) is 1. The summed E-state index contributed by atoms with van der Waals surface area (Å²) in [7, 11) is 0. The number of aliphatic carboxylic acids is 1. The van der Waals surface area contributed by atoms with Crippen LogP contribution in [0.4, 0.5) is 0 Å². The Hall–Kier alpha value is -0.220. The smallest absolute Gasteiger partial charge is 0.323 e. The van der Waals surface area contributed by atoms with Crippen LogP contribution in [-0.4, -0.2) is 34.2 Å². The second-order valence-corrected chi connectivity index (χ2v) is 6.90. The minimum atomic E-state index is -0.794. The van der Waals surface area contributed by atoms with E-state index in [2.05, 4.69) is 33.0 Å². The van der Waals surface area contributed by atoms with Gasteiger partial charge in [0, 0.05) is 5.25 Å². The Morgan fingerprint density at radius 1 is 1.39 bits per heavy atom. The van der Waals surface area contributed by atoms with Crippen LogP contribution in [0.1, 0.15) is 53.9 Å². The molecule has 0 radical (unpaired) electrons. The summed E-state index contributed by atoms with van der Waals surface area (Å²) in [6.45, 7) is 11.2. The minimum absolute atomic E-state index is 0.365. The fraction of sp³-hybridized carbons (Fsp3) is 0.929. The molecule has 0 aromatic carbocycles. The predicted molar refractivity (Wildman–Crippen MR) is 80.3 cm³/mol. The Balaban J connectivity index is 4.27. The van der Waals surface area contributed by atoms with E-state index in [1.54, 1.807) is 6.92 Å². The van der Waals surface area contributed by atoms with Crippen molar-refractivity contribution < 1.29 is 9.90 Å². The molecule has 4 heteroatoms. The molecule has 0 aromatic heterocycles. The van der Waals surface area contributed by atoms with Crippen molar-refractivity contribution in [3.63, 3.8) is 0 Å². The molecule has 0 fully saturated rings. The molecule has 0 aromatic rings. The highest BCUT2D eigenvalue weighted by Crippen LogP contribution is 2.24. The summed E-state index contributed by atoms with van der Waals surface area (Å²) in [5, 5.41) is 12.9. The standard InChI is InChI=1S/C14H29NO2S/c1-6-8-15-14(5,13(16)17)9-12(4)18-10-11(3)7-2/h11-12,15H,6-10H2,1-5H3,(H,16,17). The van der Waals surface area contributed by atoms with Gasteiger partial charge in [-0.2, -0.15) is 11.8 Å². The van der Waals surface area contributed by atoms with Crippen molar-refractivity contribution in [2.45, 2.75) is 64.7 Å². The van der Waals surface area contributed by atoms with E-state index in [1.807, 2.05) is 11.8 Å². The maximum Gasteiger partial charge on any atom is 0.323 e. The average molecular weight is 275 g/mol. The van der Waals surface area contributed by atoms with Gasteiger partial charge < -0.3 is 10.4 Å². The summed E-state index contributed by atoms with van der Waals surface area (Å²) >= 11 is 1.88. The molecule has 2 N–H and O–H groups in total. The molecular weight excluding hydrogens is 246 g/mol. The summed E-state index contributed by atoms with van der Waals surface area (Å²) in [6.07, 6.45) is 2.81. The zero-order valence-corrected chi connectivity index (χ0v) is 13.3. The van der Waals surface area contributed by atoms with Crippen molar-refractivity contribution >= 4 is 17.7 Å². The molecule has 0 saturated carbocycles. The molecule has 18 heavy (non-hydrogen) atoms. The molecule has 0 spiro atoms. The lowest BCUT2D eigenvalue weighted by Crippen LogP contribution is -2.51. The summed E-state index contributed by atoms with van der Waals surface area (Å²) < 4.78 is 0. The van der Waals surface area contributed by atoms with E-state index < -0.39 is 11.5 Å². The topological polar surface area (TPSA) is 49.3 Å². The summed E-state index contributed by atoms with van der Waals surface area (Å²) in [5.41, 5.74) is -0.794. The van der Waals surface area contributed by atoms with Crippen molar-refractivity contribution in [1.82, 2.24) is 5.32 Å². The summed E-state index contributed by atoms with van der Waals surface area (Å²) in [5.74, 6) is 1.07. The van der Waals surface area contributed by atoms with Gasteiger partial charge in [0.15, 0.2) is 0 Å². The lowest BCUT2D eigenvalue weighted by molar-refractivity contribution is -0.144. The highest BCUT2D eigenvalue weighted by atomic mass is 32.2. The molecular formula is C14H29NO2S. The molecule has 3 nitrogen and oxygen atoms in total.